The second kappa shape index (κ2) is 6.56. The van der Waals surface area contributed by atoms with Gasteiger partial charge in [0, 0.05) is 24.5 Å². The first-order valence-corrected chi connectivity index (χ1v) is 6.29. The Morgan fingerprint density at radius 2 is 1.90 bits per heavy atom. The van der Waals surface area contributed by atoms with Gasteiger partial charge in [0.25, 0.3) is 5.91 Å². The summed E-state index contributed by atoms with van der Waals surface area (Å²) in [6.45, 7) is 0.922. The molecule has 0 fully saturated rings. The number of hydrogen-bond acceptors (Lipinski definition) is 3. The van der Waals surface area contributed by atoms with Gasteiger partial charge in [-0.1, -0.05) is 18.2 Å². The second-order valence-corrected chi connectivity index (χ2v) is 4.29. The number of nitrogens with one attached hydrogen (secondary N) is 2. The summed E-state index contributed by atoms with van der Waals surface area (Å²) in [4.78, 5) is 11.7. The fourth-order valence-corrected chi connectivity index (χ4v) is 1.77. The van der Waals surface area contributed by atoms with Crippen molar-refractivity contribution in [3.8, 4) is 0 Å². The van der Waals surface area contributed by atoms with E-state index in [1.54, 1.807) is 24.3 Å². The van der Waals surface area contributed by atoms with Crippen LogP contribution in [0.2, 0.25) is 0 Å². The van der Waals surface area contributed by atoms with E-state index in [1.165, 1.54) is 12.1 Å². The number of rotatable bonds is 5. The number of benzene rings is 2. The molecule has 0 saturated heterocycles. The van der Waals surface area contributed by atoms with Gasteiger partial charge in [-0.3, -0.25) is 4.79 Å². The highest BCUT2D eigenvalue weighted by Gasteiger charge is 2.09. The van der Waals surface area contributed by atoms with Gasteiger partial charge in [0.1, 0.15) is 5.82 Å². The van der Waals surface area contributed by atoms with Crippen LogP contribution in [-0.4, -0.2) is 19.0 Å². The Balaban J connectivity index is 1.79. The number of nitrogen functional groups attached to an aromatic ring is 1. The molecule has 0 heterocycles. The molecule has 0 aliphatic carbocycles. The molecule has 0 radical (unpaired) electrons. The summed E-state index contributed by atoms with van der Waals surface area (Å²) in [6, 6.07) is 13.2. The summed E-state index contributed by atoms with van der Waals surface area (Å²) in [5, 5.41) is 5.77. The van der Waals surface area contributed by atoms with Crippen LogP contribution in [0.5, 0.6) is 0 Å². The zero-order valence-corrected chi connectivity index (χ0v) is 10.9. The maximum Gasteiger partial charge on any atom is 0.254 e. The lowest BCUT2D eigenvalue weighted by atomic mass is 10.2. The molecule has 2 aromatic rings. The van der Waals surface area contributed by atoms with Crippen LogP contribution in [0, 0.1) is 5.82 Å². The van der Waals surface area contributed by atoms with Crippen LogP contribution in [0.1, 0.15) is 10.4 Å². The molecule has 0 spiro atoms. The zero-order valence-electron chi connectivity index (χ0n) is 10.9. The van der Waals surface area contributed by atoms with Gasteiger partial charge in [-0.25, -0.2) is 4.39 Å². The molecule has 104 valence electrons. The predicted octanol–water partition coefficient (Wildman–Crippen LogP) is 2.25. The highest BCUT2D eigenvalue weighted by molar-refractivity contribution is 5.94. The summed E-state index contributed by atoms with van der Waals surface area (Å²) in [6.07, 6.45) is 0. The Hall–Kier alpha value is -2.56. The number of nitrogens with two attached hydrogens (primary N) is 1. The highest BCUT2D eigenvalue weighted by atomic mass is 19.1. The standard InChI is InChI=1S/C15H16FN3O/c16-14-7-2-1-6-13(14)15(20)19-9-8-18-12-5-3-4-11(17)10-12/h1-7,10,18H,8-9,17H2,(H,19,20). The van der Waals surface area contributed by atoms with Crippen molar-refractivity contribution >= 4 is 17.3 Å². The molecule has 0 aliphatic heterocycles. The normalized spacial score (nSPS) is 10.1. The third kappa shape index (κ3) is 3.71. The van der Waals surface area contributed by atoms with Crippen LogP contribution in [0.25, 0.3) is 0 Å². The Kier molecular flexibility index (Phi) is 4.55. The largest absolute Gasteiger partial charge is 0.399 e. The molecule has 0 saturated carbocycles. The van der Waals surface area contributed by atoms with Gasteiger partial charge in [-0.05, 0) is 30.3 Å². The van der Waals surface area contributed by atoms with Crippen molar-refractivity contribution in [3.05, 3.63) is 59.9 Å². The number of halogens is 1. The molecule has 4 nitrogen and oxygen atoms in total. The molecular formula is C15H16FN3O. The van der Waals surface area contributed by atoms with E-state index in [0.29, 0.717) is 18.8 Å². The summed E-state index contributed by atoms with van der Waals surface area (Å²) in [7, 11) is 0. The quantitative estimate of drug-likeness (QED) is 0.578. The van der Waals surface area contributed by atoms with E-state index in [4.69, 9.17) is 5.73 Å². The molecule has 1 amide bonds. The minimum atomic E-state index is -0.520. The van der Waals surface area contributed by atoms with E-state index in [0.717, 1.165) is 5.69 Å². The van der Waals surface area contributed by atoms with E-state index in [-0.39, 0.29) is 5.56 Å². The van der Waals surface area contributed by atoms with Gasteiger partial charge in [0.05, 0.1) is 5.56 Å². The molecule has 20 heavy (non-hydrogen) atoms. The van der Waals surface area contributed by atoms with Crippen LogP contribution in [0.3, 0.4) is 0 Å². The SMILES string of the molecule is Nc1cccc(NCCNC(=O)c2ccccc2F)c1. The fourth-order valence-electron chi connectivity index (χ4n) is 1.77. The van der Waals surface area contributed by atoms with Crippen LogP contribution < -0.4 is 16.4 Å². The van der Waals surface area contributed by atoms with Crippen LogP contribution in [0.15, 0.2) is 48.5 Å². The van der Waals surface area contributed by atoms with Gasteiger partial charge >= 0.3 is 0 Å². The van der Waals surface area contributed by atoms with E-state index in [9.17, 15) is 9.18 Å². The molecule has 2 aromatic carbocycles. The van der Waals surface area contributed by atoms with E-state index < -0.39 is 11.7 Å². The van der Waals surface area contributed by atoms with Crippen molar-refractivity contribution in [1.82, 2.24) is 5.32 Å². The van der Waals surface area contributed by atoms with E-state index >= 15 is 0 Å². The molecule has 0 atom stereocenters. The average Bonchev–Trinajstić information content (AvgIpc) is 2.44. The van der Waals surface area contributed by atoms with Crippen molar-refractivity contribution in [2.24, 2.45) is 0 Å². The highest BCUT2D eigenvalue weighted by Crippen LogP contribution is 2.11. The maximum atomic E-state index is 13.4. The predicted molar refractivity (Wildman–Crippen MR) is 78.1 cm³/mol. The van der Waals surface area contributed by atoms with Crippen molar-refractivity contribution in [1.29, 1.82) is 0 Å². The number of anilines is 2. The average molecular weight is 273 g/mol. The number of amides is 1. The Morgan fingerprint density at radius 3 is 2.65 bits per heavy atom. The molecule has 5 heteroatoms. The molecule has 2 rings (SSSR count). The van der Waals surface area contributed by atoms with Crippen LogP contribution >= 0.6 is 0 Å². The number of hydrogen-bond donors (Lipinski definition) is 3. The molecule has 0 unspecified atom stereocenters. The lowest BCUT2D eigenvalue weighted by molar-refractivity contribution is 0.0951. The third-order valence-corrected chi connectivity index (χ3v) is 2.74. The monoisotopic (exact) mass is 273 g/mol. The van der Waals surface area contributed by atoms with Gasteiger partial charge in [-0.2, -0.15) is 0 Å². The summed E-state index contributed by atoms with van der Waals surface area (Å²) >= 11 is 0. The number of carbonyl (C=O) groups excluding carboxylic acids is 1. The van der Waals surface area contributed by atoms with Crippen molar-refractivity contribution < 1.29 is 9.18 Å². The van der Waals surface area contributed by atoms with Gasteiger partial charge in [-0.15, -0.1) is 0 Å². The maximum absolute atomic E-state index is 13.4. The summed E-state index contributed by atoms with van der Waals surface area (Å²) in [5.74, 6) is -0.939. The van der Waals surface area contributed by atoms with Crippen LogP contribution in [-0.2, 0) is 0 Å². The van der Waals surface area contributed by atoms with Crippen molar-refractivity contribution in [2.45, 2.75) is 0 Å². The summed E-state index contributed by atoms with van der Waals surface area (Å²) < 4.78 is 13.4. The molecule has 0 bridgehead atoms. The first kappa shape index (κ1) is 13.9. The van der Waals surface area contributed by atoms with Gasteiger partial charge in [0.15, 0.2) is 0 Å². The lowest BCUT2D eigenvalue weighted by Gasteiger charge is -2.09. The molecular weight excluding hydrogens is 257 g/mol. The van der Waals surface area contributed by atoms with Gasteiger partial charge in [0.2, 0.25) is 0 Å². The van der Waals surface area contributed by atoms with Crippen molar-refractivity contribution in [3.63, 3.8) is 0 Å². The topological polar surface area (TPSA) is 67.2 Å². The first-order valence-electron chi connectivity index (χ1n) is 6.29. The van der Waals surface area contributed by atoms with Gasteiger partial charge < -0.3 is 16.4 Å². The molecule has 0 aromatic heterocycles. The smallest absolute Gasteiger partial charge is 0.254 e. The van der Waals surface area contributed by atoms with E-state index in [1.807, 2.05) is 12.1 Å². The van der Waals surface area contributed by atoms with Crippen molar-refractivity contribution in [2.75, 3.05) is 24.1 Å². The second-order valence-electron chi connectivity index (χ2n) is 4.29. The molecule has 0 aliphatic rings. The Labute approximate surface area is 116 Å². The minimum absolute atomic E-state index is 0.0523. The fraction of sp³-hybridized carbons (Fsp3) is 0.133. The first-order chi connectivity index (χ1) is 9.66. The summed E-state index contributed by atoms with van der Waals surface area (Å²) in [5.41, 5.74) is 7.26. The Bertz CT molecular complexity index is 601. The Morgan fingerprint density at radius 1 is 1.10 bits per heavy atom. The third-order valence-electron chi connectivity index (χ3n) is 2.74. The lowest BCUT2D eigenvalue weighted by Crippen LogP contribution is -2.29. The van der Waals surface area contributed by atoms with Crippen LogP contribution in [0.4, 0.5) is 15.8 Å². The molecule has 4 N–H and O–H groups in total. The minimum Gasteiger partial charge on any atom is -0.399 e. The number of carbonyl (C=O) groups is 1. The zero-order chi connectivity index (χ0) is 14.4. The van der Waals surface area contributed by atoms with E-state index in [2.05, 4.69) is 10.6 Å².